The van der Waals surface area contributed by atoms with Gasteiger partial charge in [0.25, 0.3) is 5.91 Å². The third-order valence-corrected chi connectivity index (χ3v) is 7.17. The van der Waals surface area contributed by atoms with Crippen LogP contribution in [0.2, 0.25) is 0 Å². The van der Waals surface area contributed by atoms with Gasteiger partial charge in [-0.3, -0.25) is 4.79 Å². The summed E-state index contributed by atoms with van der Waals surface area (Å²) in [6, 6.07) is 13.1. The van der Waals surface area contributed by atoms with Crippen molar-refractivity contribution in [3.05, 3.63) is 54.1 Å². The normalized spacial score (nSPS) is 14.5. The maximum atomic E-state index is 12.6. The first-order valence-electron chi connectivity index (χ1n) is 9.12. The van der Waals surface area contributed by atoms with E-state index < -0.39 is 28.5 Å². The molecule has 0 aliphatic carbocycles. The number of carbonyl (C=O) groups is 2. The van der Waals surface area contributed by atoms with Gasteiger partial charge in [0.15, 0.2) is 6.61 Å². The van der Waals surface area contributed by atoms with Crippen LogP contribution in [0.25, 0.3) is 0 Å². The van der Waals surface area contributed by atoms with Crippen molar-refractivity contribution in [3.63, 3.8) is 0 Å². The van der Waals surface area contributed by atoms with E-state index in [4.69, 9.17) is 4.74 Å². The van der Waals surface area contributed by atoms with Gasteiger partial charge in [0.2, 0.25) is 10.0 Å². The van der Waals surface area contributed by atoms with E-state index in [1.165, 1.54) is 28.2 Å². The molecular weight excluding hydrogens is 412 g/mol. The standard InChI is InChI=1S/C20H22N2O5S2/c1-28-18-10-3-2-9-17(18)20(24)27-14-19(23)21-15-7-6-8-16(13-15)29(25,26)22-11-4-5-12-22/h2-3,6-10,13H,4-5,11-12,14H2,1H3,(H,21,23). The van der Waals surface area contributed by atoms with Gasteiger partial charge in [-0.15, -0.1) is 11.8 Å². The predicted molar refractivity (Wildman–Crippen MR) is 112 cm³/mol. The third kappa shape index (κ3) is 5.17. The first-order chi connectivity index (χ1) is 13.9. The number of nitrogens with zero attached hydrogens (tertiary/aromatic N) is 1. The summed E-state index contributed by atoms with van der Waals surface area (Å²) in [5.41, 5.74) is 0.724. The van der Waals surface area contributed by atoms with Gasteiger partial charge in [0.1, 0.15) is 0 Å². The van der Waals surface area contributed by atoms with E-state index >= 15 is 0 Å². The Morgan fingerprint density at radius 1 is 1.10 bits per heavy atom. The van der Waals surface area contributed by atoms with Gasteiger partial charge in [-0.1, -0.05) is 18.2 Å². The number of esters is 1. The molecule has 0 bridgehead atoms. The Balaban J connectivity index is 1.62. The zero-order chi connectivity index (χ0) is 20.9. The molecule has 0 spiro atoms. The molecule has 0 radical (unpaired) electrons. The van der Waals surface area contributed by atoms with Crippen molar-refractivity contribution in [2.45, 2.75) is 22.6 Å². The van der Waals surface area contributed by atoms with Gasteiger partial charge in [-0.25, -0.2) is 13.2 Å². The first-order valence-corrected chi connectivity index (χ1v) is 11.8. The van der Waals surface area contributed by atoms with Crippen molar-refractivity contribution < 1.29 is 22.7 Å². The number of nitrogens with one attached hydrogen (secondary N) is 1. The minimum absolute atomic E-state index is 0.128. The highest BCUT2D eigenvalue weighted by molar-refractivity contribution is 7.98. The second-order valence-electron chi connectivity index (χ2n) is 6.46. The van der Waals surface area contributed by atoms with Gasteiger partial charge < -0.3 is 10.1 Å². The summed E-state index contributed by atoms with van der Waals surface area (Å²) < 4.78 is 31.8. The van der Waals surface area contributed by atoms with Crippen molar-refractivity contribution in [2.75, 3.05) is 31.3 Å². The molecule has 0 unspecified atom stereocenters. The molecule has 1 saturated heterocycles. The molecule has 0 aromatic heterocycles. The number of hydrogen-bond donors (Lipinski definition) is 1. The SMILES string of the molecule is CSc1ccccc1C(=O)OCC(=O)Nc1cccc(S(=O)(=O)N2CCCC2)c1. The van der Waals surface area contributed by atoms with E-state index in [-0.39, 0.29) is 4.90 Å². The van der Waals surface area contributed by atoms with Crippen molar-refractivity contribution in [2.24, 2.45) is 0 Å². The molecule has 154 valence electrons. The highest BCUT2D eigenvalue weighted by Crippen LogP contribution is 2.23. The number of sulfonamides is 1. The summed E-state index contributed by atoms with van der Waals surface area (Å²) in [7, 11) is -3.57. The first kappa shape index (κ1) is 21.4. The summed E-state index contributed by atoms with van der Waals surface area (Å²) in [5, 5.41) is 2.58. The van der Waals surface area contributed by atoms with Crippen LogP contribution in [0.3, 0.4) is 0 Å². The van der Waals surface area contributed by atoms with Crippen molar-refractivity contribution in [3.8, 4) is 0 Å². The minimum Gasteiger partial charge on any atom is -0.452 e. The number of amides is 1. The van der Waals surface area contributed by atoms with Crippen LogP contribution in [0.15, 0.2) is 58.3 Å². The largest absolute Gasteiger partial charge is 0.452 e. The summed E-state index contributed by atoms with van der Waals surface area (Å²) >= 11 is 1.41. The quantitative estimate of drug-likeness (QED) is 0.532. The van der Waals surface area contributed by atoms with Crippen LogP contribution in [0.4, 0.5) is 5.69 Å². The molecule has 3 rings (SSSR count). The van der Waals surface area contributed by atoms with Crippen molar-refractivity contribution >= 4 is 39.3 Å². The maximum Gasteiger partial charge on any atom is 0.339 e. The lowest BCUT2D eigenvalue weighted by Crippen LogP contribution is -2.28. The molecule has 7 nitrogen and oxygen atoms in total. The molecule has 1 fully saturated rings. The molecule has 0 saturated carbocycles. The molecule has 2 aromatic carbocycles. The molecule has 1 N–H and O–H groups in total. The smallest absolute Gasteiger partial charge is 0.339 e. The zero-order valence-electron chi connectivity index (χ0n) is 16.0. The molecule has 1 amide bonds. The van der Waals surface area contributed by atoms with Crippen LogP contribution in [0.5, 0.6) is 0 Å². The van der Waals surface area contributed by atoms with Crippen LogP contribution in [0.1, 0.15) is 23.2 Å². The second-order valence-corrected chi connectivity index (χ2v) is 9.25. The summed E-state index contributed by atoms with van der Waals surface area (Å²) in [6.45, 7) is 0.545. The Bertz CT molecular complexity index is 1000. The zero-order valence-corrected chi connectivity index (χ0v) is 17.6. The van der Waals surface area contributed by atoms with Crippen LogP contribution in [-0.4, -0.2) is 50.6 Å². The van der Waals surface area contributed by atoms with E-state index in [1.54, 1.807) is 30.3 Å². The lowest BCUT2D eigenvalue weighted by atomic mass is 10.2. The van der Waals surface area contributed by atoms with E-state index in [0.717, 1.165) is 17.7 Å². The Morgan fingerprint density at radius 2 is 1.83 bits per heavy atom. The monoisotopic (exact) mass is 434 g/mol. The Morgan fingerprint density at radius 3 is 2.55 bits per heavy atom. The minimum atomic E-state index is -3.57. The molecular formula is C20H22N2O5S2. The number of benzene rings is 2. The molecule has 1 aliphatic heterocycles. The average molecular weight is 435 g/mol. The fourth-order valence-electron chi connectivity index (χ4n) is 3.03. The molecule has 1 aliphatic rings. The Hall–Kier alpha value is -2.36. The van der Waals surface area contributed by atoms with Gasteiger partial charge in [-0.2, -0.15) is 4.31 Å². The van der Waals surface area contributed by atoms with Crippen LogP contribution >= 0.6 is 11.8 Å². The van der Waals surface area contributed by atoms with Crippen LogP contribution in [0, 0.1) is 0 Å². The maximum absolute atomic E-state index is 12.6. The number of hydrogen-bond acceptors (Lipinski definition) is 6. The number of carbonyl (C=O) groups excluding carboxylic acids is 2. The number of rotatable bonds is 7. The average Bonchev–Trinajstić information content (AvgIpc) is 3.28. The van der Waals surface area contributed by atoms with Gasteiger partial charge in [0.05, 0.1) is 10.5 Å². The van der Waals surface area contributed by atoms with Gasteiger partial charge in [0, 0.05) is 23.7 Å². The predicted octanol–water partition coefficient (Wildman–Crippen LogP) is 2.99. The number of thioether (sulfide) groups is 1. The molecule has 0 atom stereocenters. The fraction of sp³-hybridized carbons (Fsp3) is 0.300. The lowest BCUT2D eigenvalue weighted by molar-refractivity contribution is -0.119. The number of ether oxygens (including phenoxy) is 1. The molecule has 1 heterocycles. The van der Waals surface area contributed by atoms with E-state index in [1.807, 2.05) is 12.3 Å². The van der Waals surface area contributed by atoms with Crippen molar-refractivity contribution in [1.82, 2.24) is 4.31 Å². The van der Waals surface area contributed by atoms with Crippen molar-refractivity contribution in [1.29, 1.82) is 0 Å². The summed E-state index contributed by atoms with van der Waals surface area (Å²) in [5.74, 6) is -1.13. The molecule has 9 heteroatoms. The number of anilines is 1. The summed E-state index contributed by atoms with van der Waals surface area (Å²) in [4.78, 5) is 25.3. The second kappa shape index (κ2) is 9.43. The lowest BCUT2D eigenvalue weighted by Gasteiger charge is -2.16. The highest BCUT2D eigenvalue weighted by atomic mass is 32.2. The summed E-state index contributed by atoms with van der Waals surface area (Å²) in [6.07, 6.45) is 3.55. The molecule has 2 aromatic rings. The van der Waals surface area contributed by atoms with Crippen LogP contribution < -0.4 is 5.32 Å². The topological polar surface area (TPSA) is 92.8 Å². The molecule has 29 heavy (non-hydrogen) atoms. The van der Waals surface area contributed by atoms with Gasteiger partial charge in [-0.05, 0) is 49.4 Å². The third-order valence-electron chi connectivity index (χ3n) is 4.48. The Labute approximate surface area is 174 Å². The van der Waals surface area contributed by atoms with Gasteiger partial charge >= 0.3 is 5.97 Å². The highest BCUT2D eigenvalue weighted by Gasteiger charge is 2.27. The Kier molecular flexibility index (Phi) is 6.94. The van der Waals surface area contributed by atoms with E-state index in [0.29, 0.717) is 24.3 Å². The van der Waals surface area contributed by atoms with Crippen LogP contribution in [-0.2, 0) is 19.6 Å². The van der Waals surface area contributed by atoms with E-state index in [2.05, 4.69) is 5.32 Å². The van der Waals surface area contributed by atoms with E-state index in [9.17, 15) is 18.0 Å². The fourth-order valence-corrected chi connectivity index (χ4v) is 5.18.